The summed E-state index contributed by atoms with van der Waals surface area (Å²) in [6.07, 6.45) is 0.673. The van der Waals surface area contributed by atoms with Crippen molar-refractivity contribution in [1.29, 1.82) is 0 Å². The summed E-state index contributed by atoms with van der Waals surface area (Å²) < 4.78 is 5.53. The zero-order chi connectivity index (χ0) is 18.7. The highest BCUT2D eigenvalue weighted by Crippen LogP contribution is 2.26. The summed E-state index contributed by atoms with van der Waals surface area (Å²) in [5.74, 6) is -0.340. The van der Waals surface area contributed by atoms with E-state index in [4.69, 9.17) is 4.74 Å². The molecule has 2 aliphatic rings. The molecule has 0 bridgehead atoms. The lowest BCUT2D eigenvalue weighted by Crippen LogP contribution is -2.60. The third-order valence-electron chi connectivity index (χ3n) is 4.99. The molecule has 2 aliphatic heterocycles. The number of hydrogen-bond acceptors (Lipinski definition) is 4. The molecule has 3 rings (SSSR count). The molecule has 0 saturated carbocycles. The van der Waals surface area contributed by atoms with Crippen molar-refractivity contribution >= 4 is 17.7 Å². The Bertz CT molecular complexity index is 679. The maximum absolute atomic E-state index is 12.6. The third-order valence-corrected chi connectivity index (χ3v) is 4.99. The van der Waals surface area contributed by atoms with E-state index in [0.717, 1.165) is 5.56 Å². The SMILES string of the molecule is CC(=O)N[C@H]1C[C@H]2CN(C(=O)COCc3ccccc3)[C@@H](C)C(=O)N2C1. The molecule has 0 unspecified atom stereocenters. The van der Waals surface area contributed by atoms with Crippen molar-refractivity contribution < 1.29 is 19.1 Å². The van der Waals surface area contributed by atoms with Crippen LogP contribution in [0.4, 0.5) is 0 Å². The van der Waals surface area contributed by atoms with Gasteiger partial charge >= 0.3 is 0 Å². The van der Waals surface area contributed by atoms with Crippen LogP contribution in [-0.2, 0) is 25.7 Å². The lowest BCUT2D eigenvalue weighted by Gasteiger charge is -2.41. The van der Waals surface area contributed by atoms with Crippen LogP contribution in [0.3, 0.4) is 0 Å². The van der Waals surface area contributed by atoms with Gasteiger partial charge < -0.3 is 19.9 Å². The summed E-state index contributed by atoms with van der Waals surface area (Å²) in [7, 11) is 0. The smallest absolute Gasteiger partial charge is 0.249 e. The van der Waals surface area contributed by atoms with Gasteiger partial charge in [0, 0.05) is 26.1 Å². The van der Waals surface area contributed by atoms with Crippen LogP contribution < -0.4 is 5.32 Å². The zero-order valence-corrected chi connectivity index (χ0v) is 15.2. The van der Waals surface area contributed by atoms with Gasteiger partial charge in [0.2, 0.25) is 17.7 Å². The second kappa shape index (κ2) is 7.86. The standard InChI is InChI=1S/C19H25N3O4/c1-13-19(25)22-9-16(20-14(2)23)8-17(22)10-21(13)18(24)12-26-11-15-6-4-3-5-7-15/h3-7,13,16-17H,8-12H2,1-2H3,(H,20,23)/t13-,16-,17-/m0/s1. The van der Waals surface area contributed by atoms with Crippen molar-refractivity contribution in [2.45, 2.75) is 45.0 Å². The molecule has 7 heteroatoms. The van der Waals surface area contributed by atoms with Crippen LogP contribution >= 0.6 is 0 Å². The van der Waals surface area contributed by atoms with Crippen molar-refractivity contribution in [1.82, 2.24) is 15.1 Å². The monoisotopic (exact) mass is 359 g/mol. The highest BCUT2D eigenvalue weighted by Gasteiger charge is 2.45. The molecule has 3 amide bonds. The second-order valence-corrected chi connectivity index (χ2v) is 6.98. The molecule has 2 saturated heterocycles. The van der Waals surface area contributed by atoms with Crippen LogP contribution in [0.15, 0.2) is 30.3 Å². The lowest BCUT2D eigenvalue weighted by atomic mass is 10.1. The summed E-state index contributed by atoms with van der Waals surface area (Å²) in [5.41, 5.74) is 1.00. The van der Waals surface area contributed by atoms with E-state index < -0.39 is 6.04 Å². The van der Waals surface area contributed by atoms with E-state index >= 15 is 0 Å². The number of nitrogens with one attached hydrogen (secondary N) is 1. The normalized spacial score (nSPS) is 25.2. The predicted octanol–water partition coefficient (Wildman–Crippen LogP) is 0.540. The molecule has 26 heavy (non-hydrogen) atoms. The Labute approximate surface area is 153 Å². The molecular weight excluding hydrogens is 334 g/mol. The van der Waals surface area contributed by atoms with Crippen LogP contribution in [0.1, 0.15) is 25.8 Å². The molecule has 0 radical (unpaired) electrons. The Hall–Kier alpha value is -2.41. The fraction of sp³-hybridized carbons (Fsp3) is 0.526. The first kappa shape index (κ1) is 18.4. The molecule has 1 aromatic rings. The minimum Gasteiger partial charge on any atom is -0.367 e. The fourth-order valence-corrected chi connectivity index (χ4v) is 3.74. The van der Waals surface area contributed by atoms with Gasteiger partial charge in [0.25, 0.3) is 0 Å². The van der Waals surface area contributed by atoms with Gasteiger partial charge in [-0.15, -0.1) is 0 Å². The van der Waals surface area contributed by atoms with E-state index in [-0.39, 0.29) is 36.4 Å². The molecule has 1 aromatic carbocycles. The summed E-state index contributed by atoms with van der Waals surface area (Å²) in [6.45, 7) is 4.54. The number of carbonyl (C=O) groups excluding carboxylic acids is 3. The van der Waals surface area contributed by atoms with Crippen LogP contribution in [0.2, 0.25) is 0 Å². The summed E-state index contributed by atoms with van der Waals surface area (Å²) in [6, 6.07) is 9.06. The number of hydrogen-bond donors (Lipinski definition) is 1. The summed E-state index contributed by atoms with van der Waals surface area (Å²) in [5, 5.41) is 2.87. The molecule has 1 N–H and O–H groups in total. The number of rotatable bonds is 5. The Morgan fingerprint density at radius 2 is 1.96 bits per heavy atom. The molecule has 0 aliphatic carbocycles. The maximum Gasteiger partial charge on any atom is 0.249 e. The average molecular weight is 359 g/mol. The Kier molecular flexibility index (Phi) is 5.56. The van der Waals surface area contributed by atoms with E-state index in [1.54, 1.807) is 16.7 Å². The molecule has 0 spiro atoms. The van der Waals surface area contributed by atoms with Crippen molar-refractivity contribution in [3.8, 4) is 0 Å². The molecule has 7 nitrogen and oxygen atoms in total. The van der Waals surface area contributed by atoms with Crippen molar-refractivity contribution in [2.75, 3.05) is 19.7 Å². The second-order valence-electron chi connectivity index (χ2n) is 6.98. The fourth-order valence-electron chi connectivity index (χ4n) is 3.74. The maximum atomic E-state index is 12.6. The van der Waals surface area contributed by atoms with E-state index in [2.05, 4.69) is 5.32 Å². The molecule has 3 atom stereocenters. The summed E-state index contributed by atoms with van der Waals surface area (Å²) >= 11 is 0. The van der Waals surface area contributed by atoms with Gasteiger partial charge in [0.1, 0.15) is 12.6 Å². The number of nitrogens with zero attached hydrogens (tertiary/aromatic N) is 2. The van der Waals surface area contributed by atoms with Gasteiger partial charge in [-0.3, -0.25) is 14.4 Å². The Morgan fingerprint density at radius 3 is 2.65 bits per heavy atom. The first-order chi connectivity index (χ1) is 12.5. The predicted molar refractivity (Wildman–Crippen MR) is 95.0 cm³/mol. The van der Waals surface area contributed by atoms with Gasteiger partial charge in [-0.2, -0.15) is 0 Å². The van der Waals surface area contributed by atoms with Crippen molar-refractivity contribution in [2.24, 2.45) is 0 Å². The topological polar surface area (TPSA) is 79.0 Å². The minimum absolute atomic E-state index is 0.0435. The lowest BCUT2D eigenvalue weighted by molar-refractivity contribution is -0.155. The van der Waals surface area contributed by atoms with Crippen molar-refractivity contribution in [3.63, 3.8) is 0 Å². The van der Waals surface area contributed by atoms with Gasteiger partial charge in [0.05, 0.1) is 12.6 Å². The molecule has 2 fully saturated rings. The van der Waals surface area contributed by atoms with E-state index in [1.165, 1.54) is 6.92 Å². The number of benzene rings is 1. The van der Waals surface area contributed by atoms with Crippen LogP contribution in [-0.4, -0.2) is 65.3 Å². The molecular formula is C19H25N3O4. The minimum atomic E-state index is -0.504. The highest BCUT2D eigenvalue weighted by atomic mass is 16.5. The van der Waals surface area contributed by atoms with Crippen LogP contribution in [0.25, 0.3) is 0 Å². The van der Waals surface area contributed by atoms with Crippen LogP contribution in [0.5, 0.6) is 0 Å². The molecule has 0 aromatic heterocycles. The Balaban J connectivity index is 1.55. The summed E-state index contributed by atoms with van der Waals surface area (Å²) in [4.78, 5) is 39.8. The Morgan fingerprint density at radius 1 is 1.23 bits per heavy atom. The van der Waals surface area contributed by atoms with E-state index in [1.807, 2.05) is 30.3 Å². The average Bonchev–Trinajstić information content (AvgIpc) is 3.01. The van der Waals surface area contributed by atoms with Gasteiger partial charge in [-0.25, -0.2) is 0 Å². The number of fused-ring (bicyclic) bond motifs is 1. The largest absolute Gasteiger partial charge is 0.367 e. The first-order valence-electron chi connectivity index (χ1n) is 8.94. The molecule has 2 heterocycles. The number of ether oxygens (including phenoxy) is 1. The quantitative estimate of drug-likeness (QED) is 0.832. The third kappa shape index (κ3) is 4.04. The van der Waals surface area contributed by atoms with Gasteiger partial charge in [0.15, 0.2) is 0 Å². The van der Waals surface area contributed by atoms with Gasteiger partial charge in [-0.1, -0.05) is 30.3 Å². The first-order valence-corrected chi connectivity index (χ1v) is 8.94. The van der Waals surface area contributed by atoms with Gasteiger partial charge in [-0.05, 0) is 18.9 Å². The number of carbonyl (C=O) groups is 3. The van der Waals surface area contributed by atoms with Crippen molar-refractivity contribution in [3.05, 3.63) is 35.9 Å². The number of piperazine rings is 1. The van der Waals surface area contributed by atoms with E-state index in [0.29, 0.717) is 26.1 Å². The van der Waals surface area contributed by atoms with E-state index in [9.17, 15) is 14.4 Å². The van der Waals surface area contributed by atoms with Crippen LogP contribution in [0, 0.1) is 0 Å². The number of amides is 3. The highest BCUT2D eigenvalue weighted by molar-refractivity contribution is 5.89. The molecule has 140 valence electrons. The zero-order valence-electron chi connectivity index (χ0n) is 15.2.